The van der Waals surface area contributed by atoms with Crippen molar-refractivity contribution in [2.24, 2.45) is 11.3 Å². The number of benzene rings is 1. The maximum absolute atomic E-state index is 12.8. The second-order valence-corrected chi connectivity index (χ2v) is 7.09. The number of para-hydroxylation sites is 1. The molecule has 1 N–H and O–H groups in total. The van der Waals surface area contributed by atoms with Gasteiger partial charge in [-0.15, -0.1) is 0 Å². The van der Waals surface area contributed by atoms with E-state index in [0.717, 1.165) is 43.6 Å². The molecule has 0 aromatic heterocycles. The second-order valence-electron chi connectivity index (χ2n) is 7.09. The van der Waals surface area contributed by atoms with Gasteiger partial charge in [0.2, 0.25) is 11.8 Å². The molecule has 1 saturated heterocycles. The molecule has 23 heavy (non-hydrogen) atoms. The predicted molar refractivity (Wildman–Crippen MR) is 93.2 cm³/mol. The zero-order valence-electron chi connectivity index (χ0n) is 14.7. The number of carbonyl (C=O) groups is 2. The first kappa shape index (κ1) is 17.5. The quantitative estimate of drug-likeness (QED) is 0.865. The van der Waals surface area contributed by atoms with Gasteiger partial charge in [0.05, 0.1) is 0 Å². The molecule has 4 nitrogen and oxygen atoms in total. The first-order valence-corrected chi connectivity index (χ1v) is 8.55. The number of hydrogen-bond donors (Lipinski definition) is 1. The first-order chi connectivity index (χ1) is 10.9. The summed E-state index contributed by atoms with van der Waals surface area (Å²) in [6.45, 7) is 9.16. The molecule has 4 heteroatoms. The van der Waals surface area contributed by atoms with Crippen LogP contribution < -0.4 is 5.32 Å². The zero-order valence-corrected chi connectivity index (χ0v) is 14.7. The van der Waals surface area contributed by atoms with Crippen molar-refractivity contribution in [2.45, 2.75) is 47.0 Å². The number of rotatable bonds is 4. The van der Waals surface area contributed by atoms with Crippen LogP contribution >= 0.6 is 0 Å². The van der Waals surface area contributed by atoms with Crippen LogP contribution in [0.2, 0.25) is 0 Å². The highest BCUT2D eigenvalue weighted by molar-refractivity contribution is 6.10. The smallest absolute Gasteiger partial charge is 0.239 e. The number of aryl methyl sites for hydroxylation is 1. The van der Waals surface area contributed by atoms with Crippen molar-refractivity contribution in [3.8, 4) is 0 Å². The van der Waals surface area contributed by atoms with Crippen LogP contribution in [-0.4, -0.2) is 29.8 Å². The van der Waals surface area contributed by atoms with Gasteiger partial charge in [-0.05, 0) is 50.7 Å². The van der Waals surface area contributed by atoms with Gasteiger partial charge in [0.15, 0.2) is 0 Å². The molecule has 0 radical (unpaired) electrons. The van der Waals surface area contributed by atoms with Gasteiger partial charge in [0.25, 0.3) is 0 Å². The molecule has 2 amide bonds. The molecule has 0 saturated carbocycles. The molecular formula is C19H28N2O2. The number of amides is 2. The van der Waals surface area contributed by atoms with Gasteiger partial charge in [-0.1, -0.05) is 32.0 Å². The monoisotopic (exact) mass is 316 g/mol. The van der Waals surface area contributed by atoms with E-state index < -0.39 is 5.41 Å². The predicted octanol–water partition coefficient (Wildman–Crippen LogP) is 3.47. The van der Waals surface area contributed by atoms with Crippen LogP contribution in [0, 0.1) is 11.3 Å². The minimum Gasteiger partial charge on any atom is -0.342 e. The van der Waals surface area contributed by atoms with Crippen LogP contribution in [0.3, 0.4) is 0 Å². The van der Waals surface area contributed by atoms with Crippen molar-refractivity contribution in [1.29, 1.82) is 0 Å². The van der Waals surface area contributed by atoms with E-state index in [1.54, 1.807) is 13.8 Å². The number of piperidine rings is 1. The number of anilines is 1. The molecule has 126 valence electrons. The largest absolute Gasteiger partial charge is 0.342 e. The fourth-order valence-electron chi connectivity index (χ4n) is 3.10. The summed E-state index contributed by atoms with van der Waals surface area (Å²) in [5.74, 6) is 0.199. The Morgan fingerprint density at radius 1 is 1.30 bits per heavy atom. The van der Waals surface area contributed by atoms with E-state index in [2.05, 4.69) is 19.2 Å². The summed E-state index contributed by atoms with van der Waals surface area (Å²) in [6.07, 6.45) is 3.01. The molecule has 1 atom stereocenters. The van der Waals surface area contributed by atoms with E-state index in [1.807, 2.05) is 29.2 Å². The minimum atomic E-state index is -1.06. The van der Waals surface area contributed by atoms with E-state index in [1.165, 1.54) is 0 Å². The van der Waals surface area contributed by atoms with Crippen LogP contribution in [-0.2, 0) is 16.0 Å². The number of carbonyl (C=O) groups excluding carboxylic acids is 2. The van der Waals surface area contributed by atoms with Crippen molar-refractivity contribution in [2.75, 3.05) is 18.4 Å². The van der Waals surface area contributed by atoms with Crippen LogP contribution in [0.25, 0.3) is 0 Å². The van der Waals surface area contributed by atoms with Gasteiger partial charge < -0.3 is 10.2 Å². The molecule has 1 aliphatic rings. The average molecular weight is 316 g/mol. The average Bonchev–Trinajstić information content (AvgIpc) is 2.54. The molecule has 1 aromatic rings. The third-order valence-corrected chi connectivity index (χ3v) is 4.69. The van der Waals surface area contributed by atoms with Crippen LogP contribution in [0.5, 0.6) is 0 Å². The lowest BCUT2D eigenvalue weighted by molar-refractivity contribution is -0.147. The minimum absolute atomic E-state index is 0.0736. The van der Waals surface area contributed by atoms with Crippen LogP contribution in [0.1, 0.15) is 46.1 Å². The Kier molecular flexibility index (Phi) is 5.45. The van der Waals surface area contributed by atoms with E-state index in [9.17, 15) is 9.59 Å². The molecule has 1 aliphatic heterocycles. The zero-order chi connectivity index (χ0) is 17.0. The molecule has 1 unspecified atom stereocenters. The summed E-state index contributed by atoms with van der Waals surface area (Å²) in [5.41, 5.74) is 0.821. The third-order valence-electron chi connectivity index (χ3n) is 4.69. The highest BCUT2D eigenvalue weighted by Crippen LogP contribution is 2.26. The number of likely N-dealkylation sites (tertiary alicyclic amines) is 1. The summed E-state index contributed by atoms with van der Waals surface area (Å²) >= 11 is 0. The van der Waals surface area contributed by atoms with E-state index in [-0.39, 0.29) is 11.8 Å². The molecule has 0 aliphatic carbocycles. The molecule has 0 bridgehead atoms. The molecular weight excluding hydrogens is 288 g/mol. The Labute approximate surface area is 139 Å². The second kappa shape index (κ2) is 7.16. The Morgan fingerprint density at radius 3 is 2.65 bits per heavy atom. The third kappa shape index (κ3) is 3.92. The molecule has 1 fully saturated rings. The Bertz CT molecular complexity index is 580. The van der Waals surface area contributed by atoms with Gasteiger partial charge in [-0.3, -0.25) is 9.59 Å². The number of nitrogens with zero attached hydrogens (tertiary/aromatic N) is 1. The maximum Gasteiger partial charge on any atom is 0.239 e. The normalized spacial score (nSPS) is 18.6. The van der Waals surface area contributed by atoms with Gasteiger partial charge >= 0.3 is 0 Å². The SMILES string of the molecule is CCc1ccccc1NC(=O)C(C)(C)C(=O)N1CCCC(C)C1. The van der Waals surface area contributed by atoms with Crippen molar-refractivity contribution < 1.29 is 9.59 Å². The van der Waals surface area contributed by atoms with E-state index in [0.29, 0.717) is 5.92 Å². The highest BCUT2D eigenvalue weighted by atomic mass is 16.2. The summed E-state index contributed by atoms with van der Waals surface area (Å²) in [4.78, 5) is 27.4. The van der Waals surface area contributed by atoms with E-state index in [4.69, 9.17) is 0 Å². The molecule has 1 heterocycles. The summed E-state index contributed by atoms with van der Waals surface area (Å²) < 4.78 is 0. The standard InChI is InChI=1S/C19H28N2O2/c1-5-15-10-6-7-11-16(15)20-17(22)19(3,4)18(23)21-12-8-9-14(2)13-21/h6-7,10-11,14H,5,8-9,12-13H2,1-4H3,(H,20,22). The lowest BCUT2D eigenvalue weighted by Crippen LogP contribution is -2.50. The van der Waals surface area contributed by atoms with Crippen molar-refractivity contribution in [3.05, 3.63) is 29.8 Å². The van der Waals surface area contributed by atoms with Crippen LogP contribution in [0.15, 0.2) is 24.3 Å². The van der Waals surface area contributed by atoms with Crippen molar-refractivity contribution in [3.63, 3.8) is 0 Å². The topological polar surface area (TPSA) is 49.4 Å². The fourth-order valence-corrected chi connectivity index (χ4v) is 3.10. The van der Waals surface area contributed by atoms with Crippen LogP contribution in [0.4, 0.5) is 5.69 Å². The fraction of sp³-hybridized carbons (Fsp3) is 0.579. The molecule has 2 rings (SSSR count). The number of hydrogen-bond acceptors (Lipinski definition) is 2. The Balaban J connectivity index is 2.11. The maximum atomic E-state index is 12.8. The Morgan fingerprint density at radius 2 is 2.00 bits per heavy atom. The van der Waals surface area contributed by atoms with Gasteiger partial charge in [-0.2, -0.15) is 0 Å². The first-order valence-electron chi connectivity index (χ1n) is 8.55. The molecule has 1 aromatic carbocycles. The highest BCUT2D eigenvalue weighted by Gasteiger charge is 2.40. The van der Waals surface area contributed by atoms with Gasteiger partial charge in [0, 0.05) is 18.8 Å². The molecule has 0 spiro atoms. The summed E-state index contributed by atoms with van der Waals surface area (Å²) in [6, 6.07) is 7.74. The Hall–Kier alpha value is -1.84. The van der Waals surface area contributed by atoms with Crippen molar-refractivity contribution >= 4 is 17.5 Å². The van der Waals surface area contributed by atoms with Gasteiger partial charge in [0.1, 0.15) is 5.41 Å². The number of nitrogens with one attached hydrogen (secondary N) is 1. The van der Waals surface area contributed by atoms with Crippen molar-refractivity contribution in [1.82, 2.24) is 4.90 Å². The summed E-state index contributed by atoms with van der Waals surface area (Å²) in [5, 5.41) is 2.95. The lowest BCUT2D eigenvalue weighted by atomic mass is 9.88. The summed E-state index contributed by atoms with van der Waals surface area (Å²) in [7, 11) is 0. The van der Waals surface area contributed by atoms with E-state index >= 15 is 0 Å². The van der Waals surface area contributed by atoms with Gasteiger partial charge in [-0.25, -0.2) is 0 Å². The lowest BCUT2D eigenvalue weighted by Gasteiger charge is -2.36.